The van der Waals surface area contributed by atoms with Gasteiger partial charge in [-0.1, -0.05) is 17.7 Å². The minimum atomic E-state index is -4.69. The van der Waals surface area contributed by atoms with Crippen LogP contribution in [0, 0.1) is 17.2 Å². The Morgan fingerprint density at radius 3 is 1.69 bits per heavy atom. The molecule has 1 aromatic carbocycles. The molecule has 0 spiro atoms. The zero-order chi connectivity index (χ0) is 13.0. The van der Waals surface area contributed by atoms with Crippen molar-refractivity contribution < 1.29 is 41.8 Å². The molecule has 0 aliphatic heterocycles. The summed E-state index contributed by atoms with van der Waals surface area (Å²) in [6.45, 7) is 1.84. The van der Waals surface area contributed by atoms with Crippen LogP contribution >= 0.6 is 0 Å². The zero-order valence-electron chi connectivity index (χ0n) is 8.03. The van der Waals surface area contributed by atoms with E-state index < -0.39 is 20.4 Å². The molecule has 0 atom stereocenters. The summed E-state index contributed by atoms with van der Waals surface area (Å²) in [7, 11) is -8.71. The van der Waals surface area contributed by atoms with Crippen LogP contribution in [0.25, 0.3) is 0 Å². The van der Waals surface area contributed by atoms with Gasteiger partial charge in [0, 0.05) is 0 Å². The van der Waals surface area contributed by atoms with Gasteiger partial charge in [0.05, 0.1) is 19.8 Å². The van der Waals surface area contributed by atoms with Gasteiger partial charge in [-0.15, -0.1) is 0 Å². The van der Waals surface area contributed by atoms with E-state index in [1.54, 1.807) is 12.1 Å². The van der Waals surface area contributed by atoms with E-state index in [0.717, 1.165) is 5.56 Å². The molecule has 2 N–H and O–H groups in total. The van der Waals surface area contributed by atoms with Crippen LogP contribution in [-0.2, 0) is 10.1 Å². The fourth-order valence-electron chi connectivity index (χ4n) is 0.710. The van der Waals surface area contributed by atoms with Gasteiger partial charge in [-0.2, -0.15) is 22.4 Å². The molecule has 0 fully saturated rings. The van der Waals surface area contributed by atoms with Crippen molar-refractivity contribution in [3.8, 4) is 0 Å². The van der Waals surface area contributed by atoms with Gasteiger partial charge < -0.3 is 0 Å². The average molecular weight is 273 g/mol. The smallest absolute Gasteiger partial charge is 0.282 e. The van der Waals surface area contributed by atoms with E-state index in [1.807, 2.05) is 6.92 Å². The highest BCUT2D eigenvalue weighted by Gasteiger charge is 2.06. The molecule has 1 aromatic rings. The van der Waals surface area contributed by atoms with Crippen molar-refractivity contribution >= 4 is 10.1 Å². The van der Waals surface area contributed by atoms with Gasteiger partial charge in [0.2, 0.25) is 0 Å². The van der Waals surface area contributed by atoms with Crippen LogP contribution in [0.15, 0.2) is 29.2 Å². The Bertz CT molecular complexity index is 413. The molecule has 0 bridgehead atoms. The van der Waals surface area contributed by atoms with Crippen LogP contribution in [0.1, 0.15) is 5.56 Å². The lowest BCUT2D eigenvalue weighted by Crippen LogP contribution is -2.58. The highest BCUT2D eigenvalue weighted by atomic mass is 35.7. The summed E-state index contributed by atoms with van der Waals surface area (Å²) in [5.41, 5.74) is 0.956. The van der Waals surface area contributed by atoms with Gasteiger partial charge in [-0.25, -0.2) is 0 Å². The van der Waals surface area contributed by atoms with Crippen LogP contribution in [0.4, 0.5) is 0 Å². The summed E-state index contributed by atoms with van der Waals surface area (Å²) in [6.07, 6.45) is 0. The van der Waals surface area contributed by atoms with Crippen LogP contribution in [0.2, 0.25) is 0 Å². The predicted octanol–water partition coefficient (Wildman–Crippen LogP) is -2.88. The van der Waals surface area contributed by atoms with Crippen molar-refractivity contribution in [2.75, 3.05) is 0 Å². The van der Waals surface area contributed by atoms with Crippen LogP contribution in [0.3, 0.4) is 0 Å². The van der Waals surface area contributed by atoms with Crippen molar-refractivity contribution in [1.82, 2.24) is 0 Å². The van der Waals surface area contributed by atoms with Gasteiger partial charge in [-0.05, 0) is 19.1 Å². The van der Waals surface area contributed by atoms with Crippen molar-refractivity contribution in [2.24, 2.45) is 0 Å². The second-order valence-electron chi connectivity index (χ2n) is 2.68. The molecule has 0 aromatic heterocycles. The molecule has 0 aliphatic carbocycles. The Kier molecular flexibility index (Phi) is 5.29. The lowest BCUT2D eigenvalue weighted by Gasteiger charge is -2.03. The van der Waals surface area contributed by atoms with E-state index in [-0.39, 0.29) is 4.90 Å². The summed E-state index contributed by atoms with van der Waals surface area (Å²) in [4.78, 5) is -0.0666. The predicted molar refractivity (Wildman–Crippen MR) is 43.2 cm³/mol. The van der Waals surface area contributed by atoms with E-state index in [0.29, 0.717) is 0 Å². The first-order chi connectivity index (χ1) is 7.00. The maximum absolute atomic E-state index is 10.5. The SMILES string of the molecule is Cc1ccc(S(=O)(=O)O)cc1.[O-][Cl+3]([O-])([O-])O. The average Bonchev–Trinajstić information content (AvgIpc) is 1.99. The molecule has 9 heteroatoms. The monoisotopic (exact) mass is 272 g/mol. The molecule has 16 heavy (non-hydrogen) atoms. The Hall–Kier alpha value is -0.740. The van der Waals surface area contributed by atoms with Gasteiger partial charge in [0.25, 0.3) is 10.1 Å². The summed E-state index contributed by atoms with van der Waals surface area (Å²) >= 11 is 0. The third-order valence-electron chi connectivity index (χ3n) is 1.32. The van der Waals surface area contributed by atoms with Crippen molar-refractivity contribution in [3.63, 3.8) is 0 Å². The molecule has 0 heterocycles. The topological polar surface area (TPSA) is 144 Å². The van der Waals surface area contributed by atoms with Crippen LogP contribution < -0.4 is 14.0 Å². The van der Waals surface area contributed by atoms with E-state index in [9.17, 15) is 8.42 Å². The number of hydrogen-bond acceptors (Lipinski definition) is 6. The van der Waals surface area contributed by atoms with E-state index in [2.05, 4.69) is 0 Å². The molecule has 7 nitrogen and oxygen atoms in total. The molecule has 0 radical (unpaired) electrons. The molecule has 0 saturated carbocycles. The molecule has 0 aliphatic rings. The fourth-order valence-corrected chi connectivity index (χ4v) is 1.19. The zero-order valence-corrected chi connectivity index (χ0v) is 9.60. The van der Waals surface area contributed by atoms with Gasteiger partial charge >= 0.3 is 0 Å². The van der Waals surface area contributed by atoms with Gasteiger partial charge in [0.1, 0.15) is 0 Å². The first-order valence-corrected chi connectivity index (χ1v) is 6.38. The third-order valence-corrected chi connectivity index (χ3v) is 2.19. The van der Waals surface area contributed by atoms with Crippen LogP contribution in [-0.4, -0.2) is 17.6 Å². The molecular formula is C7H9ClO7S. The maximum Gasteiger partial charge on any atom is 0.294 e. The quantitative estimate of drug-likeness (QED) is 0.522. The van der Waals surface area contributed by atoms with Gasteiger partial charge in [0.15, 0.2) is 0 Å². The number of rotatable bonds is 1. The second kappa shape index (κ2) is 5.55. The van der Waals surface area contributed by atoms with Crippen molar-refractivity contribution in [3.05, 3.63) is 29.8 Å². The van der Waals surface area contributed by atoms with E-state index in [4.69, 9.17) is 23.2 Å². The number of aryl methyl sites for hydroxylation is 1. The maximum atomic E-state index is 10.5. The number of hydrogen-bond donors (Lipinski definition) is 2. The fraction of sp³-hybridized carbons (Fsp3) is 0.143. The molecule has 0 unspecified atom stereocenters. The van der Waals surface area contributed by atoms with Crippen molar-refractivity contribution in [2.45, 2.75) is 11.8 Å². The lowest BCUT2D eigenvalue weighted by molar-refractivity contribution is -1.92. The Morgan fingerprint density at radius 2 is 1.44 bits per heavy atom. The normalized spacial score (nSPS) is 11.6. The van der Waals surface area contributed by atoms with E-state index in [1.165, 1.54) is 12.1 Å². The summed E-state index contributed by atoms with van der Waals surface area (Å²) in [6, 6.07) is 5.99. The second-order valence-corrected chi connectivity index (χ2v) is 4.90. The third kappa shape index (κ3) is 8.56. The van der Waals surface area contributed by atoms with Crippen LogP contribution in [0.5, 0.6) is 0 Å². The molecule has 0 saturated heterocycles. The number of halogens is 1. The molecule has 92 valence electrons. The first kappa shape index (κ1) is 15.3. The first-order valence-electron chi connectivity index (χ1n) is 3.67. The Labute approximate surface area is 94.1 Å². The summed E-state index contributed by atoms with van der Waals surface area (Å²) < 4.78 is 62.3. The Balaban J connectivity index is 0.000000385. The molecule has 0 amide bonds. The summed E-state index contributed by atoms with van der Waals surface area (Å²) in [5, 5.41) is 0. The van der Waals surface area contributed by atoms with Crippen molar-refractivity contribution in [1.29, 1.82) is 0 Å². The lowest BCUT2D eigenvalue weighted by atomic mass is 10.2. The highest BCUT2D eigenvalue weighted by Crippen LogP contribution is 2.08. The standard InChI is InChI=1S/C7H8O3S.ClHO4/c1-6-2-4-7(5-3-6)11(8,9)10;2-1(3,4)5/h2-5H,1H3,(H,8,9,10);(H,2,3,4,5). The minimum absolute atomic E-state index is 0.0666. The highest BCUT2D eigenvalue weighted by molar-refractivity contribution is 7.85. The molecular weight excluding hydrogens is 264 g/mol. The minimum Gasteiger partial charge on any atom is -0.282 e. The number of benzene rings is 1. The van der Waals surface area contributed by atoms with Gasteiger partial charge in [-0.3, -0.25) is 4.55 Å². The largest absolute Gasteiger partial charge is 0.294 e. The summed E-state index contributed by atoms with van der Waals surface area (Å²) in [5.74, 6) is 0. The Morgan fingerprint density at radius 1 is 1.12 bits per heavy atom. The molecule has 1 rings (SSSR count). The van der Waals surface area contributed by atoms with E-state index >= 15 is 0 Å².